The van der Waals surface area contributed by atoms with Crippen LogP contribution in [0.5, 0.6) is 11.5 Å². The molecule has 71 heavy (non-hydrogen) atoms. The van der Waals surface area contributed by atoms with Gasteiger partial charge in [-0.25, -0.2) is 4.98 Å². The molecule has 9 aromatic rings. The Morgan fingerprint density at radius 3 is 1.51 bits per heavy atom. The summed E-state index contributed by atoms with van der Waals surface area (Å²) in [5.74, 6) is 2.41. The largest absolute Gasteiger partial charge is 0.457 e. The predicted octanol–water partition coefficient (Wildman–Crippen LogP) is 17.8. The lowest BCUT2D eigenvalue weighted by molar-refractivity contribution is 0.483. The lowest BCUT2D eigenvalue weighted by atomic mass is 9.74. The van der Waals surface area contributed by atoms with E-state index in [1.807, 2.05) is 6.20 Å². The van der Waals surface area contributed by atoms with Crippen LogP contribution in [0.15, 0.2) is 176 Å². The van der Waals surface area contributed by atoms with E-state index in [2.05, 4.69) is 274 Å². The first-order chi connectivity index (χ1) is 33.6. The van der Waals surface area contributed by atoms with Crippen molar-refractivity contribution in [3.63, 3.8) is 0 Å². The van der Waals surface area contributed by atoms with Crippen molar-refractivity contribution >= 4 is 44.6 Å². The van der Waals surface area contributed by atoms with Crippen molar-refractivity contribution in [1.82, 2.24) is 9.55 Å². The molecule has 0 radical (unpaired) electrons. The molecule has 0 amide bonds. The Labute approximate surface area is 422 Å². The summed E-state index contributed by atoms with van der Waals surface area (Å²) in [7, 11) is 0. The van der Waals surface area contributed by atoms with E-state index in [1.54, 1.807) is 0 Å². The Morgan fingerprint density at radius 1 is 0.394 bits per heavy atom. The Morgan fingerprint density at radius 2 is 0.930 bits per heavy atom. The smallest absolute Gasteiger partial charge is 0.137 e. The quantitative estimate of drug-likeness (QED) is 0.144. The fourth-order valence-corrected chi connectivity index (χ4v) is 10.6. The summed E-state index contributed by atoms with van der Waals surface area (Å²) >= 11 is 0. The molecule has 0 fully saturated rings. The van der Waals surface area contributed by atoms with Crippen LogP contribution >= 0.6 is 0 Å². The third-order valence-corrected chi connectivity index (χ3v) is 15.1. The summed E-state index contributed by atoms with van der Waals surface area (Å²) in [6.45, 7) is 30.8. The van der Waals surface area contributed by atoms with Crippen LogP contribution in [-0.4, -0.2) is 16.2 Å². The van der Waals surface area contributed by atoms with Crippen LogP contribution in [0.4, 0.5) is 22.7 Å². The number of aromatic nitrogens is 2. The van der Waals surface area contributed by atoms with E-state index in [0.29, 0.717) is 6.67 Å². The van der Waals surface area contributed by atoms with Gasteiger partial charge in [0.25, 0.3) is 0 Å². The molecule has 0 unspecified atom stereocenters. The zero-order valence-corrected chi connectivity index (χ0v) is 44.1. The van der Waals surface area contributed by atoms with Gasteiger partial charge >= 0.3 is 0 Å². The number of hydrogen-bond donors (Lipinski definition) is 0. The Balaban J connectivity index is 1.08. The third kappa shape index (κ3) is 8.79. The minimum absolute atomic E-state index is 0.0238. The fourth-order valence-electron chi connectivity index (χ4n) is 10.6. The zero-order valence-electron chi connectivity index (χ0n) is 44.1. The number of benzene rings is 7. The van der Waals surface area contributed by atoms with Gasteiger partial charge in [0.1, 0.15) is 24.0 Å². The van der Waals surface area contributed by atoms with Gasteiger partial charge in [0.2, 0.25) is 0 Å². The van der Waals surface area contributed by atoms with E-state index < -0.39 is 0 Å². The normalized spacial score (nSPS) is 13.6. The molecule has 2 aromatic heterocycles. The van der Waals surface area contributed by atoms with E-state index in [9.17, 15) is 0 Å². The molecule has 10 rings (SSSR count). The maximum absolute atomic E-state index is 6.97. The van der Waals surface area contributed by atoms with Gasteiger partial charge in [-0.15, -0.1) is 0 Å². The van der Waals surface area contributed by atoms with Gasteiger partial charge in [0.15, 0.2) is 0 Å². The molecule has 7 aromatic carbocycles. The molecule has 0 bridgehead atoms. The molecule has 0 saturated heterocycles. The van der Waals surface area contributed by atoms with Crippen molar-refractivity contribution in [2.75, 3.05) is 16.5 Å². The highest BCUT2D eigenvalue weighted by atomic mass is 16.5. The summed E-state index contributed by atoms with van der Waals surface area (Å²) in [4.78, 5) is 10.0. The number of fused-ring (bicyclic) bond motifs is 4. The second-order valence-corrected chi connectivity index (χ2v) is 23.9. The fraction of sp³-hybridized carbons (Fsp3) is 0.288. The summed E-state index contributed by atoms with van der Waals surface area (Å²) < 4.78 is 9.29. The van der Waals surface area contributed by atoms with Crippen LogP contribution in [0.1, 0.15) is 129 Å². The first-order valence-electron chi connectivity index (χ1n) is 25.4. The minimum atomic E-state index is -0.240. The summed E-state index contributed by atoms with van der Waals surface area (Å²) in [5.41, 5.74) is 15.4. The lowest BCUT2D eigenvalue weighted by Gasteiger charge is -2.32. The van der Waals surface area contributed by atoms with Gasteiger partial charge in [0, 0.05) is 51.3 Å². The van der Waals surface area contributed by atoms with E-state index in [1.165, 1.54) is 61.4 Å². The zero-order chi connectivity index (χ0) is 50.3. The maximum Gasteiger partial charge on any atom is 0.137 e. The third-order valence-electron chi connectivity index (χ3n) is 15.1. The van der Waals surface area contributed by atoms with E-state index in [0.717, 1.165) is 39.4 Å². The number of anilines is 4. The monoisotopic (exact) mass is 935 g/mol. The molecule has 0 aliphatic carbocycles. The molecule has 5 nitrogen and oxygen atoms in total. The number of hydrogen-bond acceptors (Lipinski definition) is 4. The molecular weight excluding hydrogens is 865 g/mol. The lowest BCUT2D eigenvalue weighted by Crippen LogP contribution is -2.24. The van der Waals surface area contributed by atoms with Gasteiger partial charge in [-0.3, -0.25) is 4.57 Å². The Kier molecular flexibility index (Phi) is 11.6. The summed E-state index contributed by atoms with van der Waals surface area (Å²) in [5, 5.41) is 2.33. The van der Waals surface area contributed by atoms with Crippen molar-refractivity contribution < 1.29 is 4.74 Å². The van der Waals surface area contributed by atoms with Gasteiger partial charge in [0.05, 0.1) is 22.4 Å². The van der Waals surface area contributed by atoms with E-state index >= 15 is 0 Å². The molecule has 0 N–H and O–H groups in total. The van der Waals surface area contributed by atoms with Crippen molar-refractivity contribution in [1.29, 1.82) is 0 Å². The van der Waals surface area contributed by atoms with Crippen molar-refractivity contribution in [3.05, 3.63) is 215 Å². The van der Waals surface area contributed by atoms with E-state index in [-0.39, 0.29) is 27.1 Å². The highest BCUT2D eigenvalue weighted by molar-refractivity contribution is 6.10. The van der Waals surface area contributed by atoms with Gasteiger partial charge < -0.3 is 14.5 Å². The first kappa shape index (κ1) is 47.6. The van der Waals surface area contributed by atoms with Crippen molar-refractivity contribution in [2.45, 2.75) is 117 Å². The second kappa shape index (κ2) is 17.3. The molecule has 360 valence electrons. The summed E-state index contributed by atoms with van der Waals surface area (Å²) in [6, 6.07) is 62.1. The van der Waals surface area contributed by atoms with Crippen LogP contribution in [-0.2, 0) is 27.1 Å². The molecule has 0 saturated carbocycles. The van der Waals surface area contributed by atoms with Crippen LogP contribution in [0.3, 0.4) is 0 Å². The van der Waals surface area contributed by atoms with Gasteiger partial charge in [-0.05, 0) is 128 Å². The second-order valence-electron chi connectivity index (χ2n) is 23.9. The van der Waals surface area contributed by atoms with Crippen LogP contribution in [0.2, 0.25) is 0 Å². The molecular formula is C66H70N4O. The molecule has 0 atom stereocenters. The predicted molar refractivity (Wildman–Crippen MR) is 300 cm³/mol. The molecule has 1 aliphatic heterocycles. The van der Waals surface area contributed by atoms with Crippen molar-refractivity contribution in [3.8, 4) is 17.3 Å². The van der Waals surface area contributed by atoms with E-state index in [4.69, 9.17) is 9.72 Å². The average molecular weight is 935 g/mol. The molecule has 1 aliphatic rings. The molecule has 3 heterocycles. The highest BCUT2D eigenvalue weighted by Gasteiger charge is 2.35. The van der Waals surface area contributed by atoms with Crippen molar-refractivity contribution in [2.24, 2.45) is 0 Å². The first-order valence-corrected chi connectivity index (χ1v) is 25.4. The summed E-state index contributed by atoms with van der Waals surface area (Å²) in [6.07, 6.45) is 1.96. The SMILES string of the molecule is CC(C)(C)c1cccc(N2CN(c3cccc(Oc4ccc5c6cc(C(C)(C)c7ccccc7)ccc6n(-c6cc(C(C)(C)c7ccccc7)ccn6)c5c4)c3)c3cc(C(C)(C)C)c(C(C)(C)C)cc32)c1. The maximum atomic E-state index is 6.97. The number of nitrogens with zero attached hydrogens (tertiary/aromatic N) is 4. The Bertz CT molecular complexity index is 3430. The number of pyridine rings is 1. The Hall–Kier alpha value is -7.11. The molecule has 5 heteroatoms. The topological polar surface area (TPSA) is 33.5 Å². The number of rotatable bonds is 9. The van der Waals surface area contributed by atoms with Crippen LogP contribution < -0.4 is 14.5 Å². The standard InChI is InChI=1S/C66H70N4O/c1-62(2,3)46-26-20-27-49(36-46)68-43-69(60-42-56(64(7,8)9)55(41-59(60)68)63(4,5)6)50-28-21-29-51(39-50)71-52-31-32-53-54-37-47(65(10,11)44-22-16-14-17-23-44)30-33-57(54)70(58(53)40-52)61-38-48(34-35-67-61)66(12,13)45-24-18-15-19-25-45/h14-42H,43H2,1-13H3. The van der Waals surface area contributed by atoms with Gasteiger partial charge in [-0.2, -0.15) is 0 Å². The van der Waals surface area contributed by atoms with Crippen LogP contribution in [0, 0.1) is 0 Å². The average Bonchev–Trinajstić information content (AvgIpc) is 3.89. The van der Waals surface area contributed by atoms with Gasteiger partial charge in [-0.1, -0.05) is 175 Å². The highest BCUT2D eigenvalue weighted by Crippen LogP contribution is 2.50. The number of ether oxygens (including phenoxy) is 1. The molecule has 0 spiro atoms. The minimum Gasteiger partial charge on any atom is -0.457 e. The van der Waals surface area contributed by atoms with Crippen LogP contribution in [0.25, 0.3) is 27.6 Å².